The molecule has 35 heavy (non-hydrogen) atoms. The van der Waals surface area contributed by atoms with Crippen LogP contribution in [-0.4, -0.2) is 56.8 Å². The van der Waals surface area contributed by atoms with Crippen molar-refractivity contribution >= 4 is 27.8 Å². The van der Waals surface area contributed by atoms with Gasteiger partial charge in [0.05, 0.1) is 16.3 Å². The van der Waals surface area contributed by atoms with Crippen LogP contribution < -0.4 is 16.5 Å². The van der Waals surface area contributed by atoms with E-state index in [1.165, 1.54) is 11.0 Å². The minimum absolute atomic E-state index is 0.0502. The predicted molar refractivity (Wildman–Crippen MR) is 131 cm³/mol. The van der Waals surface area contributed by atoms with Gasteiger partial charge in [0.2, 0.25) is 5.43 Å². The smallest absolute Gasteiger partial charge is 0.275 e. The van der Waals surface area contributed by atoms with Crippen molar-refractivity contribution in [3.8, 4) is 5.75 Å². The number of hydrogen-bond acceptors (Lipinski definition) is 8. The van der Waals surface area contributed by atoms with E-state index in [-0.39, 0.29) is 39.4 Å². The van der Waals surface area contributed by atoms with Crippen molar-refractivity contribution in [2.24, 2.45) is 5.73 Å². The summed E-state index contributed by atoms with van der Waals surface area (Å²) in [5.41, 5.74) is 3.88. The zero-order valence-corrected chi connectivity index (χ0v) is 20.2. The number of halogens is 2. The quantitative estimate of drug-likeness (QED) is 0.201. The lowest BCUT2D eigenvalue weighted by Crippen LogP contribution is -2.60. The summed E-state index contributed by atoms with van der Waals surface area (Å²) in [5, 5.41) is 29.3. The molecule has 9 nitrogen and oxygen atoms in total. The highest BCUT2D eigenvalue weighted by atomic mass is 32.2. The van der Waals surface area contributed by atoms with Gasteiger partial charge in [-0.25, -0.2) is 8.78 Å². The van der Waals surface area contributed by atoms with Crippen LogP contribution in [0.1, 0.15) is 47.3 Å². The van der Waals surface area contributed by atoms with Gasteiger partial charge < -0.3 is 20.7 Å². The molecule has 12 heteroatoms. The van der Waals surface area contributed by atoms with Crippen LogP contribution >= 0.6 is 11.8 Å². The Labute approximate surface area is 205 Å². The summed E-state index contributed by atoms with van der Waals surface area (Å²) < 4.78 is 26.9. The second kappa shape index (κ2) is 10.7. The summed E-state index contributed by atoms with van der Waals surface area (Å²) in [6.07, 6.45) is 3.55. The molecule has 0 radical (unpaired) electrons. The molecular weight excluding hydrogens is 478 g/mol. The maximum Gasteiger partial charge on any atom is 0.275 e. The van der Waals surface area contributed by atoms with E-state index in [9.17, 15) is 23.5 Å². The first-order chi connectivity index (χ1) is 16.5. The van der Waals surface area contributed by atoms with Crippen LogP contribution in [0.4, 0.5) is 8.78 Å². The summed E-state index contributed by atoms with van der Waals surface area (Å²) in [4.78, 5) is 30.0. The number of pyridine rings is 1. The summed E-state index contributed by atoms with van der Waals surface area (Å²) in [7, 11) is 3.31. The molecule has 0 bridgehead atoms. The number of thioether (sulfide) groups is 1. The molecule has 1 amide bonds. The van der Waals surface area contributed by atoms with E-state index in [1.807, 2.05) is 0 Å². The van der Waals surface area contributed by atoms with Crippen molar-refractivity contribution in [1.82, 2.24) is 15.2 Å². The number of aromatic amines is 1. The molecule has 0 atom stereocenters. The average Bonchev–Trinajstić information content (AvgIpc) is 2.82. The topological polar surface area (TPSA) is 159 Å². The number of carbonyl (C=O) groups excluding carboxylic acids is 1. The number of H-pyrrole nitrogens is 1. The average molecular weight is 507 g/mol. The third-order valence-electron chi connectivity index (χ3n) is 6.38. The van der Waals surface area contributed by atoms with E-state index in [0.29, 0.717) is 43.5 Å². The Morgan fingerprint density at radius 2 is 2.00 bits per heavy atom. The van der Waals surface area contributed by atoms with Gasteiger partial charge in [0.25, 0.3) is 5.91 Å². The highest BCUT2D eigenvalue weighted by molar-refractivity contribution is 8.26. The van der Waals surface area contributed by atoms with E-state index in [0.717, 1.165) is 12.3 Å². The number of aromatic hydroxyl groups is 1. The molecule has 3 rings (SSSR count). The number of nitrogens with two attached hydrogens (primary N) is 1. The maximum atomic E-state index is 13.8. The molecule has 188 valence electrons. The summed E-state index contributed by atoms with van der Waals surface area (Å²) >= 11 is 0.588. The Balaban J connectivity index is 1.76. The number of benzene rings is 1. The normalized spacial score (nSPS) is 19.9. The van der Waals surface area contributed by atoms with Crippen LogP contribution in [-0.2, 0) is 6.42 Å². The third-order valence-corrected chi connectivity index (χ3v) is 7.19. The van der Waals surface area contributed by atoms with Crippen LogP contribution in [0, 0.1) is 22.5 Å². The highest BCUT2D eigenvalue weighted by Crippen LogP contribution is 2.31. The van der Waals surface area contributed by atoms with E-state index in [2.05, 4.69) is 10.3 Å². The molecule has 7 N–H and O–H groups in total. The van der Waals surface area contributed by atoms with Gasteiger partial charge in [-0.3, -0.25) is 25.7 Å². The van der Waals surface area contributed by atoms with Gasteiger partial charge in [-0.15, -0.1) is 0 Å². The van der Waals surface area contributed by atoms with Crippen molar-refractivity contribution in [2.75, 3.05) is 14.1 Å². The molecular formula is C23H28F2N6O3S. The number of aromatic nitrogens is 1. The van der Waals surface area contributed by atoms with E-state index < -0.39 is 34.4 Å². The largest absolute Gasteiger partial charge is 0.503 e. The van der Waals surface area contributed by atoms with Crippen LogP contribution in [0.3, 0.4) is 0 Å². The molecule has 1 saturated carbocycles. The highest BCUT2D eigenvalue weighted by Gasteiger charge is 2.40. The Hall–Kier alpha value is -3.09. The second-order valence-corrected chi connectivity index (χ2v) is 9.61. The zero-order valence-electron chi connectivity index (χ0n) is 19.4. The minimum Gasteiger partial charge on any atom is -0.503 e. The lowest BCUT2D eigenvalue weighted by molar-refractivity contribution is 0.0303. The third kappa shape index (κ3) is 5.60. The van der Waals surface area contributed by atoms with Gasteiger partial charge in [0, 0.05) is 31.8 Å². The molecule has 0 unspecified atom stereocenters. The Morgan fingerprint density at radius 3 is 2.60 bits per heavy atom. The number of hydrogen-bond donors (Lipinski definition) is 6. The monoisotopic (exact) mass is 506 g/mol. The van der Waals surface area contributed by atoms with Crippen molar-refractivity contribution in [3.63, 3.8) is 0 Å². The predicted octanol–water partition coefficient (Wildman–Crippen LogP) is 2.53. The Kier molecular flexibility index (Phi) is 8.08. The standard InChI is InChI=1S/C23H28F2N6O3S/c1-29-23(7-5-14(26)6-8-23)31(2)22(34)18-20(33)19(32)15(11-30-18)21(28)35-17(27)9-12-3-4-13(24)10-16(12)25/h3-4,10-11,14,27-29,33H,5-9,26H2,1-2H3,(H,30,32). The SMILES string of the molecule is CNC1(N(C)C(=O)c2[nH]cc(C(=N)SC(=N)Cc3ccc(F)cc3F)c(=O)c2O)CCC(N)CC1. The summed E-state index contributed by atoms with van der Waals surface area (Å²) in [6, 6.07) is 3.02. The molecule has 1 aromatic heterocycles. The van der Waals surface area contributed by atoms with Crippen LogP contribution in [0.25, 0.3) is 0 Å². The molecule has 0 spiro atoms. The van der Waals surface area contributed by atoms with Gasteiger partial charge in [0.15, 0.2) is 11.4 Å². The van der Waals surface area contributed by atoms with Crippen molar-refractivity contribution in [3.05, 3.63) is 63.1 Å². The van der Waals surface area contributed by atoms with Crippen molar-refractivity contribution in [1.29, 1.82) is 10.8 Å². The van der Waals surface area contributed by atoms with Gasteiger partial charge >= 0.3 is 0 Å². The van der Waals surface area contributed by atoms with Crippen molar-refractivity contribution in [2.45, 2.75) is 43.8 Å². The number of amides is 1. The first-order valence-electron chi connectivity index (χ1n) is 10.9. The minimum atomic E-state index is -0.942. The first-order valence-corrected chi connectivity index (χ1v) is 11.8. The lowest BCUT2D eigenvalue weighted by Gasteiger charge is -2.45. The number of nitrogens with zero attached hydrogens (tertiary/aromatic N) is 1. The van der Waals surface area contributed by atoms with Crippen LogP contribution in [0.15, 0.2) is 29.2 Å². The van der Waals surface area contributed by atoms with Gasteiger partial charge in [-0.05, 0) is 44.4 Å². The summed E-state index contributed by atoms with van der Waals surface area (Å²) in [5.74, 6) is -2.99. The fourth-order valence-electron chi connectivity index (χ4n) is 4.14. The van der Waals surface area contributed by atoms with Gasteiger partial charge in [-0.1, -0.05) is 17.8 Å². The van der Waals surface area contributed by atoms with Gasteiger partial charge in [-0.2, -0.15) is 0 Å². The van der Waals surface area contributed by atoms with Crippen molar-refractivity contribution < 1.29 is 18.7 Å². The number of rotatable bonds is 6. The fourth-order valence-corrected chi connectivity index (χ4v) is 4.87. The Morgan fingerprint density at radius 1 is 1.34 bits per heavy atom. The molecule has 1 heterocycles. The second-order valence-electron chi connectivity index (χ2n) is 8.51. The molecule has 2 aromatic rings. The summed E-state index contributed by atoms with van der Waals surface area (Å²) in [6.45, 7) is 0. The molecule has 0 aliphatic heterocycles. The van der Waals surface area contributed by atoms with E-state index >= 15 is 0 Å². The zero-order chi connectivity index (χ0) is 25.9. The molecule has 1 aromatic carbocycles. The van der Waals surface area contributed by atoms with Gasteiger partial charge in [0.1, 0.15) is 16.7 Å². The number of nitrogens with one attached hydrogen (secondary N) is 4. The molecule has 1 aliphatic rings. The molecule has 0 saturated heterocycles. The van der Waals surface area contributed by atoms with Crippen LogP contribution in [0.2, 0.25) is 0 Å². The van der Waals surface area contributed by atoms with E-state index in [4.69, 9.17) is 16.6 Å². The molecule has 1 aliphatic carbocycles. The van der Waals surface area contributed by atoms with E-state index in [1.54, 1.807) is 14.1 Å². The van der Waals surface area contributed by atoms with Crippen LogP contribution in [0.5, 0.6) is 5.75 Å². The first kappa shape index (κ1) is 26.5. The lowest BCUT2D eigenvalue weighted by atomic mass is 9.85. The fraction of sp³-hybridized carbons (Fsp3) is 0.391. The number of carbonyl (C=O) groups is 1. The maximum absolute atomic E-state index is 13.8. The Bertz CT molecular complexity index is 1210. The molecule has 1 fully saturated rings.